The molecule has 0 aliphatic heterocycles. The van der Waals surface area contributed by atoms with Crippen molar-refractivity contribution < 1.29 is 0 Å². The average molecular weight is 320 g/mol. The highest BCUT2D eigenvalue weighted by molar-refractivity contribution is 7.99. The van der Waals surface area contributed by atoms with E-state index >= 15 is 0 Å². The van der Waals surface area contributed by atoms with Gasteiger partial charge in [-0.25, -0.2) is 15.8 Å². The fourth-order valence-corrected chi connectivity index (χ4v) is 3.02. The summed E-state index contributed by atoms with van der Waals surface area (Å²) >= 11 is 3.10. The summed E-state index contributed by atoms with van der Waals surface area (Å²) in [6, 6.07) is 10.4. The van der Waals surface area contributed by atoms with Gasteiger partial charge in [-0.05, 0) is 29.4 Å². The van der Waals surface area contributed by atoms with Crippen LogP contribution in [0.4, 0.5) is 5.82 Å². The third-order valence-corrected chi connectivity index (χ3v) is 4.43. The predicted octanol–water partition coefficient (Wildman–Crippen LogP) is 3.93. The smallest absolute Gasteiger partial charge is 0.190 e. The van der Waals surface area contributed by atoms with Gasteiger partial charge in [0.05, 0.1) is 0 Å². The standard InChI is InChI=1S/C15H20N4S2/c1-15(2,3)10-5-7-11(8-6-10)21-13-9-12(19-16)17-14(18-13)20-4/h5-9H,16H2,1-4H3,(H,17,18,19). The monoisotopic (exact) mass is 320 g/mol. The van der Waals surface area contributed by atoms with Gasteiger partial charge in [0, 0.05) is 11.0 Å². The van der Waals surface area contributed by atoms with E-state index in [0.717, 1.165) is 9.92 Å². The van der Waals surface area contributed by atoms with E-state index in [1.165, 1.54) is 17.3 Å². The molecule has 4 nitrogen and oxygen atoms in total. The normalized spacial score (nSPS) is 11.5. The molecule has 0 aliphatic rings. The van der Waals surface area contributed by atoms with Gasteiger partial charge in [0.1, 0.15) is 10.8 Å². The van der Waals surface area contributed by atoms with Gasteiger partial charge in [-0.1, -0.05) is 56.4 Å². The van der Waals surface area contributed by atoms with E-state index in [1.54, 1.807) is 11.8 Å². The van der Waals surface area contributed by atoms with Gasteiger partial charge in [-0.15, -0.1) is 0 Å². The number of nitrogens with one attached hydrogen (secondary N) is 1. The summed E-state index contributed by atoms with van der Waals surface area (Å²) in [6.45, 7) is 6.64. The number of hydrogen-bond acceptors (Lipinski definition) is 6. The summed E-state index contributed by atoms with van der Waals surface area (Å²) in [5.74, 6) is 6.07. The Morgan fingerprint density at radius 2 is 1.76 bits per heavy atom. The van der Waals surface area contributed by atoms with Gasteiger partial charge in [-0.3, -0.25) is 0 Å². The number of hydrogen-bond donors (Lipinski definition) is 2. The molecule has 0 spiro atoms. The maximum atomic E-state index is 5.44. The molecule has 0 atom stereocenters. The van der Waals surface area contributed by atoms with E-state index < -0.39 is 0 Å². The van der Waals surface area contributed by atoms with Crippen molar-refractivity contribution in [1.29, 1.82) is 0 Å². The molecule has 2 rings (SSSR count). The zero-order chi connectivity index (χ0) is 15.5. The number of benzene rings is 1. The fraction of sp³-hybridized carbons (Fsp3) is 0.333. The van der Waals surface area contributed by atoms with Crippen LogP contribution in [-0.4, -0.2) is 16.2 Å². The van der Waals surface area contributed by atoms with E-state index in [1.807, 2.05) is 12.3 Å². The molecule has 0 aliphatic carbocycles. The van der Waals surface area contributed by atoms with Crippen LogP contribution in [0, 0.1) is 0 Å². The van der Waals surface area contributed by atoms with Crippen molar-refractivity contribution in [3.05, 3.63) is 35.9 Å². The lowest BCUT2D eigenvalue weighted by Crippen LogP contribution is -2.10. The molecule has 0 radical (unpaired) electrons. The van der Waals surface area contributed by atoms with Crippen molar-refractivity contribution in [2.75, 3.05) is 11.7 Å². The molecule has 0 fully saturated rings. The molecule has 3 N–H and O–H groups in total. The molecule has 0 amide bonds. The number of nitrogens with two attached hydrogens (primary N) is 1. The van der Waals surface area contributed by atoms with Crippen molar-refractivity contribution in [1.82, 2.24) is 9.97 Å². The minimum atomic E-state index is 0.167. The molecule has 1 aromatic carbocycles. The van der Waals surface area contributed by atoms with Gasteiger partial charge in [0.2, 0.25) is 0 Å². The second kappa shape index (κ2) is 6.68. The van der Waals surface area contributed by atoms with Crippen LogP contribution in [0.1, 0.15) is 26.3 Å². The average Bonchev–Trinajstić information content (AvgIpc) is 2.46. The van der Waals surface area contributed by atoms with Gasteiger partial charge in [0.15, 0.2) is 5.16 Å². The summed E-state index contributed by atoms with van der Waals surface area (Å²) in [4.78, 5) is 9.90. The second-order valence-corrected chi connectivity index (χ2v) is 7.47. The number of hydrazine groups is 1. The van der Waals surface area contributed by atoms with E-state index in [4.69, 9.17) is 5.84 Å². The largest absolute Gasteiger partial charge is 0.308 e. The Hall–Kier alpha value is -1.24. The molecule has 1 aromatic heterocycles. The Labute approximate surface area is 134 Å². The van der Waals surface area contributed by atoms with Crippen molar-refractivity contribution in [3.8, 4) is 0 Å². The summed E-state index contributed by atoms with van der Waals surface area (Å²) < 4.78 is 0. The lowest BCUT2D eigenvalue weighted by atomic mass is 9.87. The summed E-state index contributed by atoms with van der Waals surface area (Å²) in [5, 5.41) is 1.59. The summed E-state index contributed by atoms with van der Waals surface area (Å²) in [6.07, 6.45) is 1.95. The molecule has 2 aromatic rings. The van der Waals surface area contributed by atoms with Crippen LogP contribution in [0.25, 0.3) is 0 Å². The molecule has 112 valence electrons. The molecule has 0 saturated heterocycles. The minimum Gasteiger partial charge on any atom is -0.308 e. The fourth-order valence-electron chi connectivity index (χ4n) is 1.77. The minimum absolute atomic E-state index is 0.167. The van der Waals surface area contributed by atoms with Gasteiger partial charge < -0.3 is 5.43 Å². The summed E-state index contributed by atoms with van der Waals surface area (Å²) in [7, 11) is 0. The van der Waals surface area contributed by atoms with Crippen LogP contribution in [0.3, 0.4) is 0 Å². The zero-order valence-corrected chi connectivity index (χ0v) is 14.3. The van der Waals surface area contributed by atoms with Crippen molar-refractivity contribution in [2.45, 2.75) is 41.3 Å². The van der Waals surface area contributed by atoms with Crippen LogP contribution in [0.5, 0.6) is 0 Å². The maximum Gasteiger partial charge on any atom is 0.190 e. The number of anilines is 1. The van der Waals surface area contributed by atoms with E-state index in [9.17, 15) is 0 Å². The molecule has 0 unspecified atom stereocenters. The topological polar surface area (TPSA) is 63.8 Å². The highest BCUT2D eigenvalue weighted by Crippen LogP contribution is 2.30. The first kappa shape index (κ1) is 16.1. The van der Waals surface area contributed by atoms with Gasteiger partial charge in [-0.2, -0.15) is 0 Å². The Morgan fingerprint density at radius 1 is 1.10 bits per heavy atom. The molecular formula is C15H20N4S2. The maximum absolute atomic E-state index is 5.44. The molecule has 0 saturated carbocycles. The number of rotatable bonds is 4. The highest BCUT2D eigenvalue weighted by Gasteiger charge is 2.13. The first-order valence-electron chi connectivity index (χ1n) is 6.60. The predicted molar refractivity (Wildman–Crippen MR) is 90.9 cm³/mol. The third kappa shape index (κ3) is 4.36. The zero-order valence-electron chi connectivity index (χ0n) is 12.7. The van der Waals surface area contributed by atoms with Crippen molar-refractivity contribution in [3.63, 3.8) is 0 Å². The molecule has 6 heteroatoms. The quantitative estimate of drug-likeness (QED) is 0.292. The Kier molecular flexibility index (Phi) is 5.13. The van der Waals surface area contributed by atoms with Crippen LogP contribution < -0.4 is 11.3 Å². The van der Waals surface area contributed by atoms with Gasteiger partial charge in [0.25, 0.3) is 0 Å². The lowest BCUT2D eigenvalue weighted by Gasteiger charge is -2.19. The molecule has 21 heavy (non-hydrogen) atoms. The molecule has 1 heterocycles. The van der Waals surface area contributed by atoms with E-state index in [2.05, 4.69) is 60.4 Å². The number of aromatic nitrogens is 2. The van der Waals surface area contributed by atoms with Crippen LogP contribution in [0.2, 0.25) is 0 Å². The first-order chi connectivity index (χ1) is 9.92. The highest BCUT2D eigenvalue weighted by atomic mass is 32.2. The van der Waals surface area contributed by atoms with Crippen molar-refractivity contribution >= 4 is 29.3 Å². The molecule has 0 bridgehead atoms. The number of thioether (sulfide) groups is 1. The van der Waals surface area contributed by atoms with Crippen LogP contribution >= 0.6 is 23.5 Å². The summed E-state index contributed by atoms with van der Waals surface area (Å²) in [5.41, 5.74) is 4.07. The van der Waals surface area contributed by atoms with E-state index in [0.29, 0.717) is 11.0 Å². The van der Waals surface area contributed by atoms with Gasteiger partial charge >= 0.3 is 0 Å². The van der Waals surface area contributed by atoms with E-state index in [-0.39, 0.29) is 5.41 Å². The SMILES string of the molecule is CSc1nc(NN)cc(Sc2ccc(C(C)(C)C)cc2)n1. The van der Waals surface area contributed by atoms with Crippen LogP contribution in [-0.2, 0) is 5.41 Å². The lowest BCUT2D eigenvalue weighted by molar-refractivity contribution is 0.590. The Bertz CT molecular complexity index is 584. The first-order valence-corrected chi connectivity index (χ1v) is 8.64. The third-order valence-electron chi connectivity index (χ3n) is 2.96. The van der Waals surface area contributed by atoms with Crippen LogP contribution in [0.15, 0.2) is 45.4 Å². The second-order valence-electron chi connectivity index (χ2n) is 5.60. The number of nitrogens with zero attached hydrogens (tertiary/aromatic N) is 2. The Balaban J connectivity index is 2.22. The Morgan fingerprint density at radius 3 is 2.29 bits per heavy atom. The van der Waals surface area contributed by atoms with Crippen molar-refractivity contribution in [2.24, 2.45) is 5.84 Å². The molecular weight excluding hydrogens is 300 g/mol. The number of nitrogen functional groups attached to an aromatic ring is 1.